The van der Waals surface area contributed by atoms with Gasteiger partial charge in [-0.15, -0.1) is 0 Å². The maximum absolute atomic E-state index is 13.2. The lowest BCUT2D eigenvalue weighted by molar-refractivity contribution is -0.132. The highest BCUT2D eigenvalue weighted by atomic mass is 35.5. The third-order valence-electron chi connectivity index (χ3n) is 5.47. The lowest BCUT2D eigenvalue weighted by Crippen LogP contribution is -2.29. The lowest BCUT2D eigenvalue weighted by Gasteiger charge is -2.26. The van der Waals surface area contributed by atoms with E-state index in [-0.39, 0.29) is 11.3 Å². The zero-order valence-corrected chi connectivity index (χ0v) is 18.5. The second-order valence-corrected chi connectivity index (χ2v) is 7.90. The Morgan fingerprint density at radius 2 is 1.66 bits per heavy atom. The van der Waals surface area contributed by atoms with Crippen LogP contribution < -0.4 is 9.64 Å². The minimum absolute atomic E-state index is 0.0421. The molecule has 1 heterocycles. The van der Waals surface area contributed by atoms with E-state index >= 15 is 0 Å². The molecule has 0 bridgehead atoms. The Bertz CT molecular complexity index is 1200. The molecule has 1 N–H and O–H groups in total. The van der Waals surface area contributed by atoms with Crippen LogP contribution in [0.5, 0.6) is 5.75 Å². The van der Waals surface area contributed by atoms with Crippen LogP contribution in [0.2, 0.25) is 5.02 Å². The van der Waals surface area contributed by atoms with Crippen molar-refractivity contribution in [3.63, 3.8) is 0 Å². The summed E-state index contributed by atoms with van der Waals surface area (Å²) in [6.07, 6.45) is 0. The van der Waals surface area contributed by atoms with E-state index in [2.05, 4.69) is 0 Å². The van der Waals surface area contributed by atoms with Crippen LogP contribution in [0.25, 0.3) is 5.76 Å². The Labute approximate surface area is 191 Å². The molecule has 1 saturated heterocycles. The number of aliphatic hydroxyl groups is 1. The number of amides is 1. The van der Waals surface area contributed by atoms with Crippen LogP contribution in [0, 0.1) is 6.92 Å². The molecule has 5 nitrogen and oxygen atoms in total. The molecule has 1 fully saturated rings. The predicted octanol–water partition coefficient (Wildman–Crippen LogP) is 5.67. The van der Waals surface area contributed by atoms with Crippen LogP contribution >= 0.6 is 11.6 Å². The third-order valence-corrected chi connectivity index (χ3v) is 5.72. The van der Waals surface area contributed by atoms with Gasteiger partial charge in [0.2, 0.25) is 0 Å². The SMILES string of the molecule is CCOc1ccc(N2C(=O)C(=O)/C(=C(\O)c3ccc(Cl)cc3)C2c2ccccc2C)cc1. The van der Waals surface area contributed by atoms with Crippen molar-refractivity contribution in [1.29, 1.82) is 0 Å². The monoisotopic (exact) mass is 447 g/mol. The number of hydrogen-bond donors (Lipinski definition) is 1. The van der Waals surface area contributed by atoms with E-state index in [1.807, 2.05) is 38.1 Å². The number of carbonyl (C=O) groups is 2. The van der Waals surface area contributed by atoms with Gasteiger partial charge in [0.15, 0.2) is 0 Å². The fourth-order valence-corrected chi connectivity index (χ4v) is 4.05. The van der Waals surface area contributed by atoms with Crippen molar-refractivity contribution in [1.82, 2.24) is 0 Å². The van der Waals surface area contributed by atoms with Crippen LogP contribution in [0.1, 0.15) is 29.7 Å². The molecule has 1 atom stereocenters. The average molecular weight is 448 g/mol. The molecule has 0 radical (unpaired) electrons. The molecule has 1 aliphatic heterocycles. The normalized spacial score (nSPS) is 17.6. The molecule has 162 valence electrons. The van der Waals surface area contributed by atoms with Crippen LogP contribution in [0.15, 0.2) is 78.4 Å². The fourth-order valence-electron chi connectivity index (χ4n) is 3.92. The van der Waals surface area contributed by atoms with Gasteiger partial charge < -0.3 is 9.84 Å². The molecule has 3 aromatic rings. The number of hydrogen-bond acceptors (Lipinski definition) is 4. The summed E-state index contributed by atoms with van der Waals surface area (Å²) >= 11 is 5.97. The number of ether oxygens (including phenoxy) is 1. The summed E-state index contributed by atoms with van der Waals surface area (Å²) in [6.45, 7) is 4.32. The van der Waals surface area contributed by atoms with Gasteiger partial charge in [-0.3, -0.25) is 14.5 Å². The van der Waals surface area contributed by atoms with Gasteiger partial charge in [0.05, 0.1) is 18.2 Å². The van der Waals surface area contributed by atoms with E-state index in [4.69, 9.17) is 16.3 Å². The van der Waals surface area contributed by atoms with E-state index in [0.29, 0.717) is 28.6 Å². The number of Topliss-reactive ketones (excluding diaryl/α,β-unsaturated/α-hetero) is 1. The Balaban J connectivity index is 1.91. The number of aliphatic hydroxyl groups excluding tert-OH is 1. The second kappa shape index (κ2) is 8.89. The highest BCUT2D eigenvalue weighted by Gasteiger charge is 2.47. The number of carbonyl (C=O) groups excluding carboxylic acids is 2. The van der Waals surface area contributed by atoms with Crippen molar-refractivity contribution < 1.29 is 19.4 Å². The number of anilines is 1. The number of ketones is 1. The van der Waals surface area contributed by atoms with Crippen molar-refractivity contribution in [2.45, 2.75) is 19.9 Å². The van der Waals surface area contributed by atoms with Crippen molar-refractivity contribution in [3.8, 4) is 5.75 Å². The summed E-state index contributed by atoms with van der Waals surface area (Å²) in [5.41, 5.74) is 2.66. The summed E-state index contributed by atoms with van der Waals surface area (Å²) < 4.78 is 5.50. The van der Waals surface area contributed by atoms with Crippen molar-refractivity contribution in [2.75, 3.05) is 11.5 Å². The Morgan fingerprint density at radius 3 is 2.28 bits per heavy atom. The molecule has 1 unspecified atom stereocenters. The summed E-state index contributed by atoms with van der Waals surface area (Å²) in [6, 6.07) is 20.2. The third kappa shape index (κ3) is 3.87. The highest BCUT2D eigenvalue weighted by Crippen LogP contribution is 2.43. The first-order chi connectivity index (χ1) is 15.4. The first kappa shape index (κ1) is 21.7. The molecule has 1 amide bonds. The number of aryl methyl sites for hydroxylation is 1. The maximum atomic E-state index is 13.2. The van der Waals surface area contributed by atoms with Gasteiger partial charge in [-0.1, -0.05) is 35.9 Å². The minimum Gasteiger partial charge on any atom is -0.507 e. The smallest absolute Gasteiger partial charge is 0.300 e. The first-order valence-corrected chi connectivity index (χ1v) is 10.7. The maximum Gasteiger partial charge on any atom is 0.300 e. The summed E-state index contributed by atoms with van der Waals surface area (Å²) in [5.74, 6) is -0.999. The Morgan fingerprint density at radius 1 is 1.00 bits per heavy atom. The number of halogens is 1. The van der Waals surface area contributed by atoms with Crippen LogP contribution in [0.3, 0.4) is 0 Å². The molecule has 32 heavy (non-hydrogen) atoms. The molecular weight excluding hydrogens is 426 g/mol. The standard InChI is InChI=1S/C26H22ClNO4/c1-3-32-20-14-12-19(13-15-20)28-23(21-7-5-4-6-16(21)2)22(25(30)26(28)31)24(29)17-8-10-18(27)11-9-17/h4-15,23,29H,3H2,1-2H3/b24-22-. The van der Waals surface area contributed by atoms with E-state index in [9.17, 15) is 14.7 Å². The lowest BCUT2D eigenvalue weighted by atomic mass is 9.92. The second-order valence-electron chi connectivity index (χ2n) is 7.46. The number of nitrogens with zero attached hydrogens (tertiary/aromatic N) is 1. The van der Waals surface area contributed by atoms with Gasteiger partial charge in [0.25, 0.3) is 11.7 Å². The molecule has 0 spiro atoms. The quantitative estimate of drug-likeness (QED) is 0.310. The van der Waals surface area contributed by atoms with Gasteiger partial charge >= 0.3 is 0 Å². The minimum atomic E-state index is -0.773. The van der Waals surface area contributed by atoms with E-state index < -0.39 is 17.7 Å². The fraction of sp³-hybridized carbons (Fsp3) is 0.154. The number of benzene rings is 3. The van der Waals surface area contributed by atoms with E-state index in [0.717, 1.165) is 11.1 Å². The highest BCUT2D eigenvalue weighted by molar-refractivity contribution is 6.51. The summed E-state index contributed by atoms with van der Waals surface area (Å²) in [7, 11) is 0. The summed E-state index contributed by atoms with van der Waals surface area (Å²) in [4.78, 5) is 27.8. The Hall–Kier alpha value is -3.57. The van der Waals surface area contributed by atoms with Gasteiger partial charge in [-0.2, -0.15) is 0 Å². The van der Waals surface area contributed by atoms with E-state index in [1.54, 1.807) is 48.5 Å². The van der Waals surface area contributed by atoms with Crippen LogP contribution in [0.4, 0.5) is 5.69 Å². The summed E-state index contributed by atoms with van der Waals surface area (Å²) in [5, 5.41) is 11.6. The van der Waals surface area contributed by atoms with Crippen LogP contribution in [-0.4, -0.2) is 23.4 Å². The van der Waals surface area contributed by atoms with Gasteiger partial charge in [0, 0.05) is 16.3 Å². The van der Waals surface area contributed by atoms with Gasteiger partial charge in [0.1, 0.15) is 11.5 Å². The molecule has 4 rings (SSSR count). The molecule has 0 aliphatic carbocycles. The molecule has 0 aromatic heterocycles. The zero-order chi connectivity index (χ0) is 22.8. The van der Waals surface area contributed by atoms with Crippen molar-refractivity contribution in [2.24, 2.45) is 0 Å². The zero-order valence-electron chi connectivity index (χ0n) is 17.7. The molecule has 0 saturated carbocycles. The number of rotatable bonds is 5. The predicted molar refractivity (Wildman–Crippen MR) is 125 cm³/mol. The van der Waals surface area contributed by atoms with E-state index in [1.165, 1.54) is 4.90 Å². The Kier molecular flexibility index (Phi) is 6.01. The van der Waals surface area contributed by atoms with Crippen LogP contribution in [-0.2, 0) is 9.59 Å². The van der Waals surface area contributed by atoms with Gasteiger partial charge in [-0.05, 0) is 73.5 Å². The molecule has 6 heteroatoms. The van der Waals surface area contributed by atoms with Crippen molar-refractivity contribution >= 4 is 34.7 Å². The van der Waals surface area contributed by atoms with Crippen molar-refractivity contribution in [3.05, 3.63) is 100 Å². The largest absolute Gasteiger partial charge is 0.507 e. The first-order valence-electron chi connectivity index (χ1n) is 10.3. The topological polar surface area (TPSA) is 66.8 Å². The molecule has 1 aliphatic rings. The van der Waals surface area contributed by atoms with Gasteiger partial charge in [-0.25, -0.2) is 0 Å². The molecule has 3 aromatic carbocycles. The molecular formula is C26H22ClNO4. The average Bonchev–Trinajstić information content (AvgIpc) is 3.05.